The van der Waals surface area contributed by atoms with E-state index < -0.39 is 0 Å². The number of benzene rings is 1. The van der Waals surface area contributed by atoms with Crippen LogP contribution in [0.2, 0.25) is 5.02 Å². The zero-order valence-electron chi connectivity index (χ0n) is 10.6. The number of rotatable bonds is 3. The summed E-state index contributed by atoms with van der Waals surface area (Å²) in [5, 5.41) is 3.56. The van der Waals surface area contributed by atoms with E-state index in [9.17, 15) is 4.79 Å². The maximum atomic E-state index is 11.9. The van der Waals surface area contributed by atoms with Crippen LogP contribution in [0.3, 0.4) is 0 Å². The first kappa shape index (κ1) is 14.4. The fraction of sp³-hybridized carbons (Fsp3) is 0.462. The summed E-state index contributed by atoms with van der Waals surface area (Å²) in [5.74, 6) is 0.0532. The lowest BCUT2D eigenvalue weighted by molar-refractivity contribution is -0.121. The molecule has 1 aromatic carbocycles. The van der Waals surface area contributed by atoms with Crippen LogP contribution in [-0.2, 0) is 4.79 Å². The van der Waals surface area contributed by atoms with Crippen molar-refractivity contribution in [3.63, 3.8) is 0 Å². The largest absolute Gasteiger partial charge is 0.351 e. The van der Waals surface area contributed by atoms with Gasteiger partial charge in [-0.15, -0.1) is 11.8 Å². The Hall–Kier alpha value is -0.670. The summed E-state index contributed by atoms with van der Waals surface area (Å²) in [7, 11) is 0. The van der Waals surface area contributed by atoms with E-state index in [1.54, 1.807) is 0 Å². The Balaban J connectivity index is 2.57. The molecular weight excluding hydrogens is 254 g/mol. The second-order valence-electron chi connectivity index (χ2n) is 4.95. The molecule has 4 heteroatoms. The van der Waals surface area contributed by atoms with Crippen molar-refractivity contribution < 1.29 is 4.79 Å². The number of hydrogen-bond acceptors (Lipinski definition) is 2. The van der Waals surface area contributed by atoms with Crippen LogP contribution in [0.1, 0.15) is 27.7 Å². The summed E-state index contributed by atoms with van der Waals surface area (Å²) < 4.78 is 0. The molecule has 0 spiro atoms. The molecule has 0 saturated carbocycles. The van der Waals surface area contributed by atoms with E-state index in [0.717, 1.165) is 4.90 Å². The molecular formula is C13H18ClNOS. The van der Waals surface area contributed by atoms with Crippen molar-refractivity contribution in [2.75, 3.05) is 0 Å². The van der Waals surface area contributed by atoms with Crippen molar-refractivity contribution in [1.29, 1.82) is 0 Å². The van der Waals surface area contributed by atoms with Crippen molar-refractivity contribution in [3.05, 3.63) is 29.3 Å². The van der Waals surface area contributed by atoms with E-state index in [1.807, 2.05) is 52.0 Å². The van der Waals surface area contributed by atoms with Crippen LogP contribution >= 0.6 is 23.4 Å². The molecule has 1 amide bonds. The number of nitrogens with one attached hydrogen (secondary N) is 1. The van der Waals surface area contributed by atoms with Crippen molar-refractivity contribution in [2.24, 2.45) is 0 Å². The summed E-state index contributed by atoms with van der Waals surface area (Å²) >= 11 is 7.34. The molecule has 0 fully saturated rings. The van der Waals surface area contributed by atoms with Crippen molar-refractivity contribution in [3.8, 4) is 0 Å². The SMILES string of the molecule is C[C@@H](Sc1ccc(Cl)cc1)C(=O)NC(C)(C)C. The highest BCUT2D eigenvalue weighted by Gasteiger charge is 2.19. The zero-order chi connectivity index (χ0) is 13.1. The molecule has 17 heavy (non-hydrogen) atoms. The van der Waals surface area contributed by atoms with Gasteiger partial charge in [0.05, 0.1) is 5.25 Å². The second kappa shape index (κ2) is 5.78. The average Bonchev–Trinajstić information content (AvgIpc) is 2.19. The first-order valence-electron chi connectivity index (χ1n) is 5.52. The molecule has 0 unspecified atom stereocenters. The number of carbonyl (C=O) groups is 1. The summed E-state index contributed by atoms with van der Waals surface area (Å²) in [4.78, 5) is 12.9. The van der Waals surface area contributed by atoms with Crippen molar-refractivity contribution in [2.45, 2.75) is 43.4 Å². The molecule has 1 atom stereocenters. The molecule has 0 saturated heterocycles. The van der Waals surface area contributed by atoms with Crippen molar-refractivity contribution >= 4 is 29.3 Å². The first-order valence-corrected chi connectivity index (χ1v) is 6.78. The van der Waals surface area contributed by atoms with Crippen LogP contribution in [0.4, 0.5) is 0 Å². The van der Waals surface area contributed by atoms with E-state index in [0.29, 0.717) is 5.02 Å². The smallest absolute Gasteiger partial charge is 0.233 e. The lowest BCUT2D eigenvalue weighted by Gasteiger charge is -2.23. The van der Waals surface area contributed by atoms with Gasteiger partial charge in [0.1, 0.15) is 0 Å². The normalized spacial score (nSPS) is 13.2. The lowest BCUT2D eigenvalue weighted by Crippen LogP contribution is -2.44. The van der Waals surface area contributed by atoms with Crippen LogP contribution < -0.4 is 5.32 Å². The second-order valence-corrected chi connectivity index (χ2v) is 6.80. The van der Waals surface area contributed by atoms with Gasteiger partial charge in [0.25, 0.3) is 0 Å². The van der Waals surface area contributed by atoms with E-state index in [2.05, 4.69) is 5.32 Å². The first-order chi connectivity index (χ1) is 7.78. The van der Waals surface area contributed by atoms with Gasteiger partial charge in [-0.25, -0.2) is 0 Å². The quantitative estimate of drug-likeness (QED) is 0.849. The Morgan fingerprint density at radius 1 is 1.29 bits per heavy atom. The molecule has 94 valence electrons. The zero-order valence-corrected chi connectivity index (χ0v) is 12.2. The van der Waals surface area contributed by atoms with Crippen LogP contribution in [0.5, 0.6) is 0 Å². The minimum atomic E-state index is -0.189. The van der Waals surface area contributed by atoms with Gasteiger partial charge >= 0.3 is 0 Å². The van der Waals surface area contributed by atoms with Gasteiger partial charge in [0.2, 0.25) is 5.91 Å². The number of halogens is 1. The molecule has 0 aromatic heterocycles. The van der Waals surface area contributed by atoms with Gasteiger partial charge in [-0.05, 0) is 52.0 Å². The van der Waals surface area contributed by atoms with Crippen LogP contribution in [-0.4, -0.2) is 16.7 Å². The Morgan fingerprint density at radius 2 is 1.82 bits per heavy atom. The fourth-order valence-electron chi connectivity index (χ4n) is 1.24. The molecule has 1 rings (SSSR count). The maximum Gasteiger partial charge on any atom is 0.233 e. The molecule has 0 aliphatic carbocycles. The molecule has 0 bridgehead atoms. The maximum absolute atomic E-state index is 11.9. The van der Waals surface area contributed by atoms with E-state index in [1.165, 1.54) is 11.8 Å². The van der Waals surface area contributed by atoms with E-state index in [-0.39, 0.29) is 16.7 Å². The van der Waals surface area contributed by atoms with E-state index >= 15 is 0 Å². The summed E-state index contributed by atoms with van der Waals surface area (Å²) in [5.41, 5.74) is -0.189. The number of thioether (sulfide) groups is 1. The number of carbonyl (C=O) groups excluding carboxylic acids is 1. The molecule has 1 aromatic rings. The van der Waals surface area contributed by atoms with Gasteiger partial charge in [-0.1, -0.05) is 11.6 Å². The summed E-state index contributed by atoms with van der Waals surface area (Å²) in [6.45, 7) is 7.83. The Labute approximate surface area is 112 Å². The van der Waals surface area contributed by atoms with E-state index in [4.69, 9.17) is 11.6 Å². The van der Waals surface area contributed by atoms with Crippen LogP contribution in [0, 0.1) is 0 Å². The van der Waals surface area contributed by atoms with Gasteiger partial charge in [0.15, 0.2) is 0 Å². The van der Waals surface area contributed by atoms with Gasteiger partial charge < -0.3 is 5.32 Å². The monoisotopic (exact) mass is 271 g/mol. The predicted octanol–water partition coefficient (Wildman–Crippen LogP) is 3.74. The molecule has 2 nitrogen and oxygen atoms in total. The third kappa shape index (κ3) is 5.46. The molecule has 0 aliphatic heterocycles. The van der Waals surface area contributed by atoms with Crippen LogP contribution in [0.15, 0.2) is 29.2 Å². The summed E-state index contributed by atoms with van der Waals surface area (Å²) in [6, 6.07) is 7.51. The Morgan fingerprint density at radius 3 is 2.29 bits per heavy atom. The third-order valence-corrected chi connectivity index (χ3v) is 3.36. The minimum absolute atomic E-state index is 0.0532. The molecule has 0 radical (unpaired) electrons. The van der Waals surface area contributed by atoms with Gasteiger partial charge in [0, 0.05) is 15.5 Å². The third-order valence-electron chi connectivity index (χ3n) is 1.99. The van der Waals surface area contributed by atoms with Gasteiger partial charge in [-0.3, -0.25) is 4.79 Å². The fourth-order valence-corrected chi connectivity index (χ4v) is 2.24. The predicted molar refractivity (Wildman–Crippen MR) is 74.7 cm³/mol. The highest BCUT2D eigenvalue weighted by molar-refractivity contribution is 8.00. The molecule has 0 heterocycles. The Bertz CT molecular complexity index is 383. The van der Waals surface area contributed by atoms with Gasteiger partial charge in [-0.2, -0.15) is 0 Å². The minimum Gasteiger partial charge on any atom is -0.351 e. The standard InChI is InChI=1S/C13H18ClNOS/c1-9(12(16)15-13(2,3)4)17-11-7-5-10(14)6-8-11/h5-9H,1-4H3,(H,15,16)/t9-/m1/s1. The highest BCUT2D eigenvalue weighted by Crippen LogP contribution is 2.25. The molecule has 0 aliphatic rings. The Kier molecular flexibility index (Phi) is 4.90. The highest BCUT2D eigenvalue weighted by atomic mass is 35.5. The number of amides is 1. The van der Waals surface area contributed by atoms with Crippen molar-refractivity contribution in [1.82, 2.24) is 5.32 Å². The number of hydrogen-bond donors (Lipinski definition) is 1. The van der Waals surface area contributed by atoms with Crippen LogP contribution in [0.25, 0.3) is 0 Å². The lowest BCUT2D eigenvalue weighted by atomic mass is 10.1. The summed E-state index contributed by atoms with van der Waals surface area (Å²) in [6.07, 6.45) is 0. The average molecular weight is 272 g/mol. The molecule has 1 N–H and O–H groups in total. The topological polar surface area (TPSA) is 29.1 Å².